The van der Waals surface area contributed by atoms with Gasteiger partial charge in [0.15, 0.2) is 5.75 Å². The minimum atomic E-state index is -4.49. The van der Waals surface area contributed by atoms with Gasteiger partial charge in [-0.15, -0.1) is 0 Å². The van der Waals surface area contributed by atoms with E-state index >= 15 is 0 Å². The summed E-state index contributed by atoms with van der Waals surface area (Å²) in [6.07, 6.45) is -1.05. The first-order valence-corrected chi connectivity index (χ1v) is 10.9. The SMILES string of the molecule is CC(c1ccc2c(n1)OCCO2)N1CCCC(CCc2cc(Cl)nc(C(F)(F)F)c2)C1. The van der Waals surface area contributed by atoms with Crippen LogP contribution in [0.2, 0.25) is 5.15 Å². The Labute approximate surface area is 184 Å². The molecule has 4 heterocycles. The Hall–Kier alpha value is -2.06. The van der Waals surface area contributed by atoms with Gasteiger partial charge in [0.25, 0.3) is 5.88 Å². The summed E-state index contributed by atoms with van der Waals surface area (Å²) in [6.45, 7) is 5.00. The number of likely N-dealkylation sites (tertiary alicyclic amines) is 1. The number of halogens is 4. The fourth-order valence-corrected chi connectivity index (χ4v) is 4.49. The van der Waals surface area contributed by atoms with Crippen LogP contribution in [-0.4, -0.2) is 41.2 Å². The zero-order chi connectivity index (χ0) is 22.0. The summed E-state index contributed by atoms with van der Waals surface area (Å²) in [6, 6.07) is 6.62. The van der Waals surface area contributed by atoms with Crippen LogP contribution in [-0.2, 0) is 12.6 Å². The van der Waals surface area contributed by atoms with Crippen molar-refractivity contribution < 1.29 is 22.6 Å². The summed E-state index contributed by atoms with van der Waals surface area (Å²) in [5.41, 5.74) is 0.574. The van der Waals surface area contributed by atoms with Gasteiger partial charge < -0.3 is 9.47 Å². The predicted octanol–water partition coefficient (Wildman–Crippen LogP) is 5.33. The first kappa shape index (κ1) is 22.1. The monoisotopic (exact) mass is 455 g/mol. The van der Waals surface area contributed by atoms with Gasteiger partial charge in [-0.25, -0.2) is 9.97 Å². The largest absolute Gasteiger partial charge is 0.484 e. The predicted molar refractivity (Wildman–Crippen MR) is 111 cm³/mol. The van der Waals surface area contributed by atoms with E-state index in [0.29, 0.717) is 42.7 Å². The number of ether oxygens (including phenoxy) is 2. The first-order valence-electron chi connectivity index (χ1n) is 10.5. The average molecular weight is 456 g/mol. The number of aromatic nitrogens is 2. The number of alkyl halides is 3. The van der Waals surface area contributed by atoms with Gasteiger partial charge in [-0.2, -0.15) is 13.2 Å². The van der Waals surface area contributed by atoms with E-state index in [2.05, 4.69) is 21.8 Å². The molecule has 0 bridgehead atoms. The van der Waals surface area contributed by atoms with E-state index < -0.39 is 11.9 Å². The fraction of sp³-hybridized carbons (Fsp3) is 0.545. The summed E-state index contributed by atoms with van der Waals surface area (Å²) in [5.74, 6) is 1.61. The molecule has 2 atom stereocenters. The molecule has 2 aromatic rings. The highest BCUT2D eigenvalue weighted by Gasteiger charge is 2.33. The second kappa shape index (κ2) is 9.20. The molecule has 2 unspecified atom stereocenters. The molecule has 1 saturated heterocycles. The van der Waals surface area contributed by atoms with E-state index in [1.165, 1.54) is 6.07 Å². The van der Waals surface area contributed by atoms with Crippen molar-refractivity contribution in [2.24, 2.45) is 5.92 Å². The number of nitrogens with zero attached hydrogens (tertiary/aromatic N) is 3. The summed E-state index contributed by atoms with van der Waals surface area (Å²) < 4.78 is 50.1. The number of pyridine rings is 2. The zero-order valence-electron chi connectivity index (χ0n) is 17.3. The molecule has 168 valence electrons. The van der Waals surface area contributed by atoms with Crippen LogP contribution in [0.15, 0.2) is 24.3 Å². The molecule has 0 spiro atoms. The number of fused-ring (bicyclic) bond motifs is 1. The van der Waals surface area contributed by atoms with Crippen LogP contribution in [0.5, 0.6) is 11.6 Å². The molecule has 0 N–H and O–H groups in total. The highest BCUT2D eigenvalue weighted by molar-refractivity contribution is 6.29. The van der Waals surface area contributed by atoms with Crippen molar-refractivity contribution in [3.8, 4) is 11.6 Å². The molecule has 0 radical (unpaired) electrons. The van der Waals surface area contributed by atoms with Crippen molar-refractivity contribution in [3.05, 3.63) is 46.4 Å². The van der Waals surface area contributed by atoms with Crippen molar-refractivity contribution in [2.45, 2.75) is 44.8 Å². The summed E-state index contributed by atoms with van der Waals surface area (Å²) in [4.78, 5) is 10.4. The van der Waals surface area contributed by atoms with Crippen molar-refractivity contribution >= 4 is 11.6 Å². The Morgan fingerprint density at radius 3 is 2.81 bits per heavy atom. The minimum Gasteiger partial charge on any atom is -0.484 e. The lowest BCUT2D eigenvalue weighted by atomic mass is 9.90. The van der Waals surface area contributed by atoms with Gasteiger partial charge in [-0.3, -0.25) is 4.90 Å². The zero-order valence-corrected chi connectivity index (χ0v) is 18.0. The smallest absolute Gasteiger partial charge is 0.433 e. The molecule has 0 aliphatic carbocycles. The topological polar surface area (TPSA) is 47.5 Å². The Balaban J connectivity index is 1.38. The van der Waals surface area contributed by atoms with E-state index in [0.717, 1.165) is 44.1 Å². The Kier molecular flexibility index (Phi) is 6.57. The Morgan fingerprint density at radius 1 is 1.19 bits per heavy atom. The molecular formula is C22H25ClF3N3O2. The quantitative estimate of drug-likeness (QED) is 0.570. The lowest BCUT2D eigenvalue weighted by Gasteiger charge is -2.37. The lowest BCUT2D eigenvalue weighted by molar-refractivity contribution is -0.141. The molecule has 0 aromatic carbocycles. The summed E-state index contributed by atoms with van der Waals surface area (Å²) >= 11 is 5.82. The third-order valence-electron chi connectivity index (χ3n) is 5.94. The second-order valence-corrected chi connectivity index (χ2v) is 8.52. The lowest BCUT2D eigenvalue weighted by Crippen LogP contribution is -2.37. The van der Waals surface area contributed by atoms with Gasteiger partial charge in [-0.05, 0) is 74.9 Å². The Morgan fingerprint density at radius 2 is 2.00 bits per heavy atom. The molecule has 4 rings (SSSR count). The summed E-state index contributed by atoms with van der Waals surface area (Å²) in [5, 5.41) is -0.117. The average Bonchev–Trinajstić information content (AvgIpc) is 2.76. The van der Waals surface area contributed by atoms with Crippen LogP contribution in [0.4, 0.5) is 13.2 Å². The standard InChI is InChI=1S/C22H25ClF3N3O2/c1-14(17-6-7-18-21(27-17)31-10-9-30-18)29-8-2-3-15(13-29)4-5-16-11-19(22(24,25)26)28-20(23)12-16/h6-7,11-12,14-15H,2-5,8-10,13H2,1H3. The molecule has 9 heteroatoms. The highest BCUT2D eigenvalue weighted by Crippen LogP contribution is 2.34. The minimum absolute atomic E-state index is 0.117. The van der Waals surface area contributed by atoms with E-state index in [-0.39, 0.29) is 11.2 Å². The van der Waals surface area contributed by atoms with Crippen molar-refractivity contribution in [1.82, 2.24) is 14.9 Å². The number of hydrogen-bond donors (Lipinski definition) is 0. The number of hydrogen-bond acceptors (Lipinski definition) is 5. The number of rotatable bonds is 5. The maximum atomic E-state index is 13.0. The van der Waals surface area contributed by atoms with E-state index in [1.54, 1.807) is 0 Å². The van der Waals surface area contributed by atoms with Gasteiger partial charge in [-0.1, -0.05) is 11.6 Å². The highest BCUT2D eigenvalue weighted by atomic mass is 35.5. The molecule has 31 heavy (non-hydrogen) atoms. The van der Waals surface area contributed by atoms with Crippen LogP contribution < -0.4 is 9.47 Å². The van der Waals surface area contributed by atoms with E-state index in [4.69, 9.17) is 21.1 Å². The fourth-order valence-electron chi connectivity index (χ4n) is 4.26. The second-order valence-electron chi connectivity index (χ2n) is 8.14. The molecule has 0 saturated carbocycles. The summed E-state index contributed by atoms with van der Waals surface area (Å²) in [7, 11) is 0. The normalized spacial score (nSPS) is 20.5. The third-order valence-corrected chi connectivity index (χ3v) is 6.13. The first-order chi connectivity index (χ1) is 14.8. The third kappa shape index (κ3) is 5.41. The molecule has 2 aliphatic heterocycles. The maximum Gasteiger partial charge on any atom is 0.433 e. The molecule has 2 aromatic heterocycles. The van der Waals surface area contributed by atoms with Crippen LogP contribution in [0.1, 0.15) is 49.2 Å². The molecule has 5 nitrogen and oxygen atoms in total. The van der Waals surface area contributed by atoms with Crippen molar-refractivity contribution in [2.75, 3.05) is 26.3 Å². The molecular weight excluding hydrogens is 431 g/mol. The van der Waals surface area contributed by atoms with Crippen LogP contribution in [0, 0.1) is 5.92 Å². The molecule has 1 fully saturated rings. The van der Waals surface area contributed by atoms with Gasteiger partial charge in [0.2, 0.25) is 0 Å². The maximum absolute atomic E-state index is 13.0. The van der Waals surface area contributed by atoms with Crippen molar-refractivity contribution in [3.63, 3.8) is 0 Å². The van der Waals surface area contributed by atoms with Crippen LogP contribution >= 0.6 is 11.6 Å². The van der Waals surface area contributed by atoms with E-state index in [1.807, 2.05) is 12.1 Å². The van der Waals surface area contributed by atoms with Crippen LogP contribution in [0.25, 0.3) is 0 Å². The van der Waals surface area contributed by atoms with Gasteiger partial charge in [0, 0.05) is 12.6 Å². The van der Waals surface area contributed by atoms with Gasteiger partial charge in [0.05, 0.1) is 5.69 Å². The Bertz CT molecular complexity index is 925. The molecule has 2 aliphatic rings. The van der Waals surface area contributed by atoms with E-state index in [9.17, 15) is 13.2 Å². The number of aryl methyl sites for hydroxylation is 1. The van der Waals surface area contributed by atoms with Gasteiger partial charge >= 0.3 is 6.18 Å². The van der Waals surface area contributed by atoms with Crippen LogP contribution in [0.3, 0.4) is 0 Å². The number of piperidine rings is 1. The van der Waals surface area contributed by atoms with Crippen molar-refractivity contribution in [1.29, 1.82) is 0 Å². The van der Waals surface area contributed by atoms with Gasteiger partial charge in [0.1, 0.15) is 24.1 Å². The molecule has 0 amide bonds.